The van der Waals surface area contributed by atoms with Gasteiger partial charge in [0, 0.05) is 31.5 Å². The van der Waals surface area contributed by atoms with Crippen LogP contribution in [0.2, 0.25) is 0 Å². The maximum Gasteiger partial charge on any atom is 0.221 e. The molecule has 0 radical (unpaired) electrons. The van der Waals surface area contributed by atoms with Crippen molar-refractivity contribution in [3.8, 4) is 0 Å². The molecule has 7 heteroatoms. The van der Waals surface area contributed by atoms with Gasteiger partial charge in [-0.05, 0) is 23.6 Å². The first kappa shape index (κ1) is 17.6. The van der Waals surface area contributed by atoms with Crippen LogP contribution >= 0.6 is 11.3 Å². The summed E-state index contributed by atoms with van der Waals surface area (Å²) in [5.41, 5.74) is 1.75. The Hall–Kier alpha value is -2.22. The lowest BCUT2D eigenvalue weighted by Crippen LogP contribution is -2.29. The van der Waals surface area contributed by atoms with Gasteiger partial charge >= 0.3 is 0 Å². The first-order valence-electron chi connectivity index (χ1n) is 8.11. The van der Waals surface area contributed by atoms with Gasteiger partial charge in [-0.1, -0.05) is 18.2 Å². The molecule has 2 aromatic heterocycles. The average molecular weight is 359 g/mol. The maximum atomic E-state index is 12.2. The number of aliphatic hydroxyl groups excluding tert-OH is 1. The molecule has 0 fully saturated rings. The van der Waals surface area contributed by atoms with Gasteiger partial charge in [0.25, 0.3) is 0 Å². The number of hydrogen-bond donors (Lipinski definition) is 2. The SMILES string of the molecule is COC(CNC(=O)CCn1c(CO)nc2ccccc21)c1cccs1. The number of nitrogens with one attached hydrogen (secondary N) is 1. The molecule has 0 spiro atoms. The van der Waals surface area contributed by atoms with Gasteiger partial charge in [0.15, 0.2) is 0 Å². The molecule has 1 atom stereocenters. The van der Waals surface area contributed by atoms with E-state index >= 15 is 0 Å². The number of benzene rings is 1. The van der Waals surface area contributed by atoms with Crippen LogP contribution in [-0.4, -0.2) is 34.2 Å². The fourth-order valence-corrected chi connectivity index (χ4v) is 3.58. The summed E-state index contributed by atoms with van der Waals surface area (Å²) in [5.74, 6) is 0.516. The summed E-state index contributed by atoms with van der Waals surface area (Å²) in [6, 6.07) is 11.6. The number of thiophene rings is 1. The van der Waals surface area contributed by atoms with Crippen molar-refractivity contribution in [1.82, 2.24) is 14.9 Å². The molecule has 2 N–H and O–H groups in total. The van der Waals surface area contributed by atoms with Gasteiger partial charge in [-0.3, -0.25) is 4.79 Å². The van der Waals surface area contributed by atoms with Crippen LogP contribution < -0.4 is 5.32 Å². The van der Waals surface area contributed by atoms with Crippen LogP contribution in [0.4, 0.5) is 0 Å². The number of aryl methyl sites for hydroxylation is 1. The number of hydrogen-bond acceptors (Lipinski definition) is 5. The molecule has 0 bridgehead atoms. The molecule has 0 aliphatic carbocycles. The average Bonchev–Trinajstić information content (AvgIpc) is 3.28. The van der Waals surface area contributed by atoms with Gasteiger partial charge in [-0.15, -0.1) is 11.3 Å². The number of rotatable bonds is 8. The van der Waals surface area contributed by atoms with E-state index in [0.717, 1.165) is 15.9 Å². The van der Waals surface area contributed by atoms with E-state index in [2.05, 4.69) is 10.3 Å². The number of methoxy groups -OCH3 is 1. The van der Waals surface area contributed by atoms with E-state index in [1.165, 1.54) is 0 Å². The topological polar surface area (TPSA) is 76.4 Å². The predicted octanol–water partition coefficient (Wildman–Crippen LogP) is 2.48. The number of para-hydroxylation sites is 2. The number of carbonyl (C=O) groups is 1. The second kappa shape index (κ2) is 8.24. The molecule has 3 aromatic rings. The first-order valence-corrected chi connectivity index (χ1v) is 8.98. The number of nitrogens with zero attached hydrogens (tertiary/aromatic N) is 2. The van der Waals surface area contributed by atoms with E-state index in [1.807, 2.05) is 46.3 Å². The van der Waals surface area contributed by atoms with Crippen LogP contribution in [-0.2, 0) is 22.7 Å². The molecule has 2 heterocycles. The Morgan fingerprint density at radius 3 is 2.92 bits per heavy atom. The molecular weight excluding hydrogens is 338 g/mol. The molecule has 25 heavy (non-hydrogen) atoms. The smallest absolute Gasteiger partial charge is 0.221 e. The fraction of sp³-hybridized carbons (Fsp3) is 0.333. The number of fused-ring (bicyclic) bond motifs is 1. The molecule has 3 rings (SSSR count). The van der Waals surface area contributed by atoms with Crippen LogP contribution in [0.25, 0.3) is 11.0 Å². The standard InChI is InChI=1S/C18H21N3O3S/c1-24-15(16-7-4-10-25-16)11-19-18(23)8-9-21-14-6-3-2-5-13(14)20-17(21)12-22/h2-7,10,15,22H,8-9,11-12H2,1H3,(H,19,23). The molecule has 0 saturated heterocycles. The molecule has 0 saturated carbocycles. The Morgan fingerprint density at radius 1 is 1.36 bits per heavy atom. The van der Waals surface area contributed by atoms with Crippen molar-refractivity contribution in [3.05, 3.63) is 52.5 Å². The van der Waals surface area contributed by atoms with Crippen LogP contribution in [0, 0.1) is 0 Å². The maximum absolute atomic E-state index is 12.2. The van der Waals surface area contributed by atoms with Gasteiger partial charge < -0.3 is 19.7 Å². The fourth-order valence-electron chi connectivity index (χ4n) is 2.78. The summed E-state index contributed by atoms with van der Waals surface area (Å²) < 4.78 is 7.33. The van der Waals surface area contributed by atoms with E-state index in [1.54, 1.807) is 18.4 Å². The van der Waals surface area contributed by atoms with E-state index in [9.17, 15) is 9.90 Å². The number of aliphatic hydroxyl groups is 1. The Labute approximate surface area is 150 Å². The largest absolute Gasteiger partial charge is 0.388 e. The van der Waals surface area contributed by atoms with Crippen LogP contribution in [0.5, 0.6) is 0 Å². The zero-order chi connectivity index (χ0) is 17.6. The summed E-state index contributed by atoms with van der Waals surface area (Å²) in [6.45, 7) is 0.757. The highest BCUT2D eigenvalue weighted by atomic mass is 32.1. The molecule has 1 aromatic carbocycles. The number of ether oxygens (including phenoxy) is 1. The van der Waals surface area contributed by atoms with Crippen molar-refractivity contribution in [3.63, 3.8) is 0 Å². The molecule has 6 nitrogen and oxygen atoms in total. The van der Waals surface area contributed by atoms with Crippen LogP contribution in [0.1, 0.15) is 23.2 Å². The Kier molecular flexibility index (Phi) is 5.80. The summed E-state index contributed by atoms with van der Waals surface area (Å²) in [5, 5.41) is 14.4. The van der Waals surface area contributed by atoms with Crippen molar-refractivity contribution < 1.29 is 14.6 Å². The lowest BCUT2D eigenvalue weighted by molar-refractivity contribution is -0.121. The highest BCUT2D eigenvalue weighted by Gasteiger charge is 2.14. The van der Waals surface area contributed by atoms with Crippen molar-refractivity contribution in [1.29, 1.82) is 0 Å². The van der Waals surface area contributed by atoms with Crippen LogP contribution in [0.15, 0.2) is 41.8 Å². The summed E-state index contributed by atoms with van der Waals surface area (Å²) in [4.78, 5) is 17.7. The minimum Gasteiger partial charge on any atom is -0.388 e. The van der Waals surface area contributed by atoms with Gasteiger partial charge in [0.1, 0.15) is 18.5 Å². The third-order valence-electron chi connectivity index (χ3n) is 4.07. The van der Waals surface area contributed by atoms with Gasteiger partial charge in [-0.2, -0.15) is 0 Å². The second-order valence-corrected chi connectivity index (χ2v) is 6.60. The van der Waals surface area contributed by atoms with Crippen molar-refractivity contribution >= 4 is 28.3 Å². The summed E-state index contributed by atoms with van der Waals surface area (Å²) >= 11 is 1.61. The Balaban J connectivity index is 1.59. The van der Waals surface area contributed by atoms with Crippen LogP contribution in [0.3, 0.4) is 0 Å². The van der Waals surface area contributed by atoms with E-state index < -0.39 is 0 Å². The minimum absolute atomic E-state index is 0.0553. The second-order valence-electron chi connectivity index (χ2n) is 5.62. The zero-order valence-corrected chi connectivity index (χ0v) is 14.8. The Bertz CT molecular complexity index is 829. The molecule has 0 aliphatic rings. The highest BCUT2D eigenvalue weighted by molar-refractivity contribution is 7.10. The van der Waals surface area contributed by atoms with Gasteiger partial charge in [0.2, 0.25) is 5.91 Å². The lowest BCUT2D eigenvalue weighted by atomic mass is 10.2. The van der Waals surface area contributed by atoms with E-state index in [0.29, 0.717) is 25.3 Å². The Morgan fingerprint density at radius 2 is 2.20 bits per heavy atom. The molecular formula is C18H21N3O3S. The monoisotopic (exact) mass is 359 g/mol. The predicted molar refractivity (Wildman–Crippen MR) is 97.4 cm³/mol. The first-order chi connectivity index (χ1) is 12.2. The summed E-state index contributed by atoms with van der Waals surface area (Å²) in [6.07, 6.45) is 0.180. The highest BCUT2D eigenvalue weighted by Crippen LogP contribution is 2.21. The van der Waals surface area contributed by atoms with Crippen molar-refractivity contribution in [2.24, 2.45) is 0 Å². The summed E-state index contributed by atoms with van der Waals surface area (Å²) in [7, 11) is 1.64. The van der Waals surface area contributed by atoms with Gasteiger partial charge in [-0.25, -0.2) is 4.98 Å². The molecule has 0 aliphatic heterocycles. The number of aromatic nitrogens is 2. The third kappa shape index (κ3) is 4.07. The number of amides is 1. The normalized spacial score (nSPS) is 12.4. The third-order valence-corrected chi connectivity index (χ3v) is 5.03. The zero-order valence-electron chi connectivity index (χ0n) is 14.0. The molecule has 1 unspecified atom stereocenters. The number of imidazole rings is 1. The van der Waals surface area contributed by atoms with Gasteiger partial charge in [0.05, 0.1) is 11.0 Å². The van der Waals surface area contributed by atoms with E-state index in [4.69, 9.17) is 4.74 Å². The minimum atomic E-state index is -0.152. The quantitative estimate of drug-likeness (QED) is 0.648. The van der Waals surface area contributed by atoms with Crippen molar-refractivity contribution in [2.75, 3.05) is 13.7 Å². The molecule has 1 amide bonds. The van der Waals surface area contributed by atoms with E-state index in [-0.39, 0.29) is 18.6 Å². The molecule has 132 valence electrons. The lowest BCUT2D eigenvalue weighted by Gasteiger charge is -2.15. The number of carbonyl (C=O) groups excluding carboxylic acids is 1. The van der Waals surface area contributed by atoms with Crippen molar-refractivity contribution in [2.45, 2.75) is 25.7 Å².